The standard InChI is InChI=1S/C12H21BrN2S/c1-11(2,12(3,4)14)8-15-7-9-5-6-10(13)16-9/h5-6,15H,7-8,14H2,1-4H3. The molecule has 0 saturated heterocycles. The summed E-state index contributed by atoms with van der Waals surface area (Å²) < 4.78 is 1.18. The van der Waals surface area contributed by atoms with Crippen molar-refractivity contribution in [1.82, 2.24) is 5.32 Å². The number of nitrogens with two attached hydrogens (primary N) is 1. The second kappa shape index (κ2) is 5.17. The van der Waals surface area contributed by atoms with Crippen LogP contribution in [0.2, 0.25) is 0 Å². The summed E-state index contributed by atoms with van der Waals surface area (Å²) in [5, 5.41) is 3.47. The van der Waals surface area contributed by atoms with Gasteiger partial charge < -0.3 is 11.1 Å². The molecule has 1 heterocycles. The summed E-state index contributed by atoms with van der Waals surface area (Å²) in [6.07, 6.45) is 0. The first-order valence-electron chi connectivity index (χ1n) is 5.46. The Bertz CT molecular complexity index is 339. The highest BCUT2D eigenvalue weighted by Gasteiger charge is 2.32. The van der Waals surface area contributed by atoms with Crippen molar-refractivity contribution in [2.75, 3.05) is 6.54 Å². The van der Waals surface area contributed by atoms with E-state index in [9.17, 15) is 0 Å². The molecule has 3 N–H and O–H groups in total. The molecule has 4 heteroatoms. The summed E-state index contributed by atoms with van der Waals surface area (Å²) in [7, 11) is 0. The van der Waals surface area contributed by atoms with Crippen molar-refractivity contribution >= 4 is 27.3 Å². The fraction of sp³-hybridized carbons (Fsp3) is 0.667. The molecule has 0 spiro atoms. The molecule has 0 radical (unpaired) electrons. The van der Waals surface area contributed by atoms with Crippen LogP contribution in [-0.2, 0) is 6.54 Å². The Hall–Kier alpha value is 0.1000. The van der Waals surface area contributed by atoms with Gasteiger partial charge in [-0.15, -0.1) is 11.3 Å². The van der Waals surface area contributed by atoms with Gasteiger partial charge in [0.2, 0.25) is 0 Å². The Balaban J connectivity index is 2.41. The number of thiophene rings is 1. The highest BCUT2D eigenvalue weighted by Crippen LogP contribution is 2.27. The normalized spacial score (nSPS) is 13.1. The second-order valence-corrected chi connectivity index (χ2v) is 7.96. The van der Waals surface area contributed by atoms with E-state index in [1.54, 1.807) is 11.3 Å². The summed E-state index contributed by atoms with van der Waals surface area (Å²) in [6.45, 7) is 10.4. The summed E-state index contributed by atoms with van der Waals surface area (Å²) in [5.74, 6) is 0. The van der Waals surface area contributed by atoms with Crippen molar-refractivity contribution < 1.29 is 0 Å². The molecule has 0 fully saturated rings. The number of hydrogen-bond donors (Lipinski definition) is 2. The van der Waals surface area contributed by atoms with Gasteiger partial charge in [-0.05, 0) is 47.3 Å². The topological polar surface area (TPSA) is 38.0 Å². The molecule has 0 bridgehead atoms. The van der Waals surface area contributed by atoms with E-state index >= 15 is 0 Å². The zero-order valence-electron chi connectivity index (χ0n) is 10.4. The van der Waals surface area contributed by atoms with Crippen molar-refractivity contribution in [3.63, 3.8) is 0 Å². The van der Waals surface area contributed by atoms with Gasteiger partial charge in [0.25, 0.3) is 0 Å². The molecule has 0 aliphatic heterocycles. The SMILES string of the molecule is CC(C)(N)C(C)(C)CNCc1ccc(Br)s1. The predicted octanol–water partition coefficient (Wildman–Crippen LogP) is 3.36. The Morgan fingerprint density at radius 1 is 1.31 bits per heavy atom. The molecule has 0 amide bonds. The van der Waals surface area contributed by atoms with Crippen LogP contribution < -0.4 is 11.1 Å². The molecule has 1 aromatic heterocycles. The fourth-order valence-corrected chi connectivity index (χ4v) is 2.63. The number of nitrogens with one attached hydrogen (secondary N) is 1. The lowest BCUT2D eigenvalue weighted by Crippen LogP contribution is -2.52. The maximum atomic E-state index is 6.15. The Labute approximate surface area is 111 Å². The third-order valence-electron chi connectivity index (χ3n) is 3.24. The first-order valence-corrected chi connectivity index (χ1v) is 7.07. The lowest BCUT2D eigenvalue weighted by molar-refractivity contribution is 0.195. The smallest absolute Gasteiger partial charge is 0.0701 e. The summed E-state index contributed by atoms with van der Waals surface area (Å²) >= 11 is 5.23. The Morgan fingerprint density at radius 2 is 1.94 bits per heavy atom. The maximum Gasteiger partial charge on any atom is 0.0701 e. The van der Waals surface area contributed by atoms with Gasteiger partial charge in [-0.3, -0.25) is 0 Å². The molecule has 1 rings (SSSR count). The van der Waals surface area contributed by atoms with Crippen LogP contribution >= 0.6 is 27.3 Å². The van der Waals surface area contributed by atoms with Crippen LogP contribution in [0.3, 0.4) is 0 Å². The van der Waals surface area contributed by atoms with Gasteiger partial charge in [-0.25, -0.2) is 0 Å². The molecule has 2 nitrogen and oxygen atoms in total. The van der Waals surface area contributed by atoms with Crippen LogP contribution in [0.5, 0.6) is 0 Å². The van der Waals surface area contributed by atoms with E-state index in [-0.39, 0.29) is 11.0 Å². The van der Waals surface area contributed by atoms with Crippen molar-refractivity contribution in [2.45, 2.75) is 39.8 Å². The summed E-state index contributed by atoms with van der Waals surface area (Å²) in [6, 6.07) is 4.22. The minimum Gasteiger partial charge on any atom is -0.325 e. The van der Waals surface area contributed by atoms with Crippen LogP contribution in [0.1, 0.15) is 32.6 Å². The van der Waals surface area contributed by atoms with Crippen molar-refractivity contribution in [3.05, 3.63) is 20.8 Å². The predicted molar refractivity (Wildman–Crippen MR) is 75.8 cm³/mol. The van der Waals surface area contributed by atoms with E-state index in [2.05, 4.69) is 61.1 Å². The van der Waals surface area contributed by atoms with E-state index in [0.717, 1.165) is 13.1 Å². The molecule has 92 valence electrons. The highest BCUT2D eigenvalue weighted by molar-refractivity contribution is 9.11. The number of hydrogen-bond acceptors (Lipinski definition) is 3. The molecular formula is C12H21BrN2S. The molecule has 1 aromatic rings. The van der Waals surface area contributed by atoms with E-state index in [4.69, 9.17) is 5.73 Å². The average molecular weight is 305 g/mol. The lowest BCUT2D eigenvalue weighted by atomic mass is 9.75. The zero-order chi connectivity index (χ0) is 12.4. The molecular weight excluding hydrogens is 284 g/mol. The van der Waals surface area contributed by atoms with E-state index < -0.39 is 0 Å². The third-order valence-corrected chi connectivity index (χ3v) is 4.86. The Kier molecular flexibility index (Phi) is 4.57. The molecule has 0 aliphatic rings. The van der Waals surface area contributed by atoms with Crippen LogP contribution in [0.4, 0.5) is 0 Å². The molecule has 0 unspecified atom stereocenters. The molecule has 0 aromatic carbocycles. The molecule has 0 saturated carbocycles. The second-order valence-electron chi connectivity index (χ2n) is 5.41. The number of rotatable bonds is 5. The monoisotopic (exact) mass is 304 g/mol. The van der Waals surface area contributed by atoms with Gasteiger partial charge in [-0.1, -0.05) is 13.8 Å². The maximum absolute atomic E-state index is 6.15. The number of halogens is 1. The fourth-order valence-electron chi connectivity index (χ4n) is 1.17. The largest absolute Gasteiger partial charge is 0.325 e. The minimum atomic E-state index is -0.171. The zero-order valence-corrected chi connectivity index (χ0v) is 12.8. The van der Waals surface area contributed by atoms with Gasteiger partial charge in [0.15, 0.2) is 0 Å². The van der Waals surface area contributed by atoms with Crippen molar-refractivity contribution in [1.29, 1.82) is 0 Å². The highest BCUT2D eigenvalue weighted by atomic mass is 79.9. The molecule has 0 atom stereocenters. The van der Waals surface area contributed by atoms with E-state index in [1.807, 2.05) is 0 Å². The minimum absolute atomic E-state index is 0.0848. The summed E-state index contributed by atoms with van der Waals surface area (Å²) in [5.41, 5.74) is 6.07. The van der Waals surface area contributed by atoms with Gasteiger partial charge in [0, 0.05) is 23.5 Å². The van der Waals surface area contributed by atoms with Gasteiger partial charge >= 0.3 is 0 Å². The van der Waals surface area contributed by atoms with E-state index in [0.29, 0.717) is 0 Å². The van der Waals surface area contributed by atoms with E-state index in [1.165, 1.54) is 8.66 Å². The van der Waals surface area contributed by atoms with Gasteiger partial charge in [0.05, 0.1) is 3.79 Å². The Morgan fingerprint density at radius 3 is 2.38 bits per heavy atom. The molecule has 16 heavy (non-hydrogen) atoms. The first kappa shape index (κ1) is 14.2. The third kappa shape index (κ3) is 3.84. The first-order chi connectivity index (χ1) is 7.22. The van der Waals surface area contributed by atoms with Crippen molar-refractivity contribution in [3.8, 4) is 0 Å². The van der Waals surface area contributed by atoms with Crippen LogP contribution in [0.15, 0.2) is 15.9 Å². The van der Waals surface area contributed by atoms with Crippen molar-refractivity contribution in [2.24, 2.45) is 11.1 Å². The molecule has 0 aliphatic carbocycles. The quantitative estimate of drug-likeness (QED) is 0.875. The summed E-state index contributed by atoms with van der Waals surface area (Å²) in [4.78, 5) is 1.34. The van der Waals surface area contributed by atoms with Gasteiger partial charge in [-0.2, -0.15) is 0 Å². The average Bonchev–Trinajstić information content (AvgIpc) is 2.49. The lowest BCUT2D eigenvalue weighted by Gasteiger charge is -2.38. The van der Waals surface area contributed by atoms with Gasteiger partial charge in [0.1, 0.15) is 0 Å². The van der Waals surface area contributed by atoms with Crippen LogP contribution in [0, 0.1) is 5.41 Å². The van der Waals surface area contributed by atoms with Crippen LogP contribution in [0.25, 0.3) is 0 Å². The van der Waals surface area contributed by atoms with Crippen LogP contribution in [-0.4, -0.2) is 12.1 Å².